The van der Waals surface area contributed by atoms with Crippen molar-refractivity contribution in [3.8, 4) is 0 Å². The second-order valence-corrected chi connectivity index (χ2v) is 13.1. The van der Waals surface area contributed by atoms with Gasteiger partial charge in [-0.2, -0.15) is 13.2 Å². The summed E-state index contributed by atoms with van der Waals surface area (Å²) in [6, 6.07) is 8.34. The molecule has 41 heavy (non-hydrogen) atoms. The predicted molar refractivity (Wildman–Crippen MR) is 148 cm³/mol. The van der Waals surface area contributed by atoms with Gasteiger partial charge in [0.1, 0.15) is 11.5 Å². The summed E-state index contributed by atoms with van der Waals surface area (Å²) in [7, 11) is -3.43. The molecule has 222 valence electrons. The highest BCUT2D eigenvalue weighted by molar-refractivity contribution is 7.91. The van der Waals surface area contributed by atoms with Crippen molar-refractivity contribution in [2.45, 2.75) is 70.6 Å². The van der Waals surface area contributed by atoms with E-state index in [0.717, 1.165) is 6.07 Å². The molecule has 3 rings (SSSR count). The fourth-order valence-electron chi connectivity index (χ4n) is 4.42. The molecule has 2 aromatic carbocycles. The lowest BCUT2D eigenvalue weighted by atomic mass is 9.95. The zero-order valence-corrected chi connectivity index (χ0v) is 24.6. The minimum Gasteiger partial charge on any atom is -0.394 e. The van der Waals surface area contributed by atoms with Gasteiger partial charge in [0.05, 0.1) is 28.9 Å². The van der Waals surface area contributed by atoms with Crippen LogP contribution >= 0.6 is 0 Å². The van der Waals surface area contributed by atoms with Gasteiger partial charge in [-0.1, -0.05) is 52.0 Å². The first-order valence-electron chi connectivity index (χ1n) is 12.9. The van der Waals surface area contributed by atoms with Crippen LogP contribution in [0.15, 0.2) is 47.4 Å². The van der Waals surface area contributed by atoms with Gasteiger partial charge in [-0.15, -0.1) is 0 Å². The minimum atomic E-state index is -4.71. The summed E-state index contributed by atoms with van der Waals surface area (Å²) >= 11 is 0. The third kappa shape index (κ3) is 7.05. The van der Waals surface area contributed by atoms with Crippen LogP contribution < -0.4 is 5.32 Å². The minimum absolute atomic E-state index is 0.0209. The SMILES string of the molecule is CCS(=O)(=O)c1ccc([C@@H](CO)NC(=O)c2nc(C(C)(C)C)n(Cc3ccc(C(C)=O)cc3C(F)(F)F)c2C)cc1. The number of hydrogen-bond acceptors (Lipinski definition) is 6. The summed E-state index contributed by atoms with van der Waals surface area (Å²) in [5, 5.41) is 12.7. The Hall–Kier alpha value is -3.51. The molecular formula is C29H34F3N3O5S. The maximum Gasteiger partial charge on any atom is 0.416 e. The number of aromatic nitrogens is 2. The van der Waals surface area contributed by atoms with Crippen molar-refractivity contribution in [3.05, 3.63) is 81.9 Å². The van der Waals surface area contributed by atoms with Crippen molar-refractivity contribution in [3.63, 3.8) is 0 Å². The lowest BCUT2D eigenvalue weighted by Crippen LogP contribution is -2.31. The molecule has 0 aliphatic heterocycles. The number of carbonyl (C=O) groups is 2. The number of halogens is 3. The molecule has 0 unspecified atom stereocenters. The van der Waals surface area contributed by atoms with Gasteiger partial charge < -0.3 is 15.0 Å². The number of imidazole rings is 1. The quantitative estimate of drug-likeness (QED) is 0.337. The van der Waals surface area contributed by atoms with E-state index in [1.54, 1.807) is 11.5 Å². The van der Waals surface area contributed by atoms with E-state index in [0.29, 0.717) is 17.1 Å². The average molecular weight is 594 g/mol. The average Bonchev–Trinajstić information content (AvgIpc) is 3.23. The number of sulfone groups is 1. The number of benzene rings is 2. The molecule has 0 aliphatic carbocycles. The van der Waals surface area contributed by atoms with Crippen molar-refractivity contribution in [2.24, 2.45) is 0 Å². The third-order valence-corrected chi connectivity index (χ3v) is 8.52. The van der Waals surface area contributed by atoms with E-state index >= 15 is 0 Å². The van der Waals surface area contributed by atoms with Crippen molar-refractivity contribution < 1.29 is 36.3 Å². The molecule has 0 spiro atoms. The number of nitrogens with zero attached hydrogens (tertiary/aromatic N) is 2. The monoisotopic (exact) mass is 593 g/mol. The van der Waals surface area contributed by atoms with Gasteiger partial charge in [0.25, 0.3) is 5.91 Å². The van der Waals surface area contributed by atoms with Crippen LogP contribution in [0.4, 0.5) is 13.2 Å². The molecule has 1 heterocycles. The third-order valence-electron chi connectivity index (χ3n) is 6.77. The number of nitrogens with one attached hydrogen (secondary N) is 1. The Morgan fingerprint density at radius 3 is 2.17 bits per heavy atom. The van der Waals surface area contributed by atoms with E-state index < -0.39 is 51.3 Å². The van der Waals surface area contributed by atoms with E-state index in [1.807, 2.05) is 20.8 Å². The number of carbonyl (C=O) groups excluding carboxylic acids is 2. The number of hydrogen-bond donors (Lipinski definition) is 2. The van der Waals surface area contributed by atoms with Crippen molar-refractivity contribution >= 4 is 21.5 Å². The van der Waals surface area contributed by atoms with Gasteiger partial charge >= 0.3 is 6.18 Å². The van der Waals surface area contributed by atoms with Crippen LogP contribution in [0.1, 0.15) is 89.7 Å². The van der Waals surface area contributed by atoms with Crippen molar-refractivity contribution in [2.75, 3.05) is 12.4 Å². The Kier molecular flexibility index (Phi) is 9.19. The van der Waals surface area contributed by atoms with Crippen LogP contribution in [-0.2, 0) is 28.0 Å². The number of aliphatic hydroxyl groups is 1. The molecule has 0 radical (unpaired) electrons. The second-order valence-electron chi connectivity index (χ2n) is 10.8. The number of amides is 1. The van der Waals surface area contributed by atoms with E-state index in [-0.39, 0.29) is 34.0 Å². The summed E-state index contributed by atoms with van der Waals surface area (Å²) in [5.41, 5.74) is -0.990. The highest BCUT2D eigenvalue weighted by Gasteiger charge is 2.35. The summed E-state index contributed by atoms with van der Waals surface area (Å²) in [4.78, 5) is 29.7. The molecule has 1 atom stereocenters. The summed E-state index contributed by atoms with van der Waals surface area (Å²) < 4.78 is 67.7. The van der Waals surface area contributed by atoms with E-state index in [2.05, 4.69) is 10.3 Å². The Bertz CT molecular complexity index is 1550. The zero-order valence-electron chi connectivity index (χ0n) is 23.8. The molecule has 0 bridgehead atoms. The van der Waals surface area contributed by atoms with Crippen LogP contribution in [0, 0.1) is 6.92 Å². The molecule has 1 amide bonds. The van der Waals surface area contributed by atoms with Crippen LogP contribution in [0.2, 0.25) is 0 Å². The largest absolute Gasteiger partial charge is 0.416 e. The molecule has 12 heteroatoms. The van der Waals surface area contributed by atoms with Gasteiger partial charge in [-0.05, 0) is 43.2 Å². The molecule has 8 nitrogen and oxygen atoms in total. The topological polar surface area (TPSA) is 118 Å². The lowest BCUT2D eigenvalue weighted by Gasteiger charge is -2.22. The second kappa shape index (κ2) is 11.8. The smallest absolute Gasteiger partial charge is 0.394 e. The van der Waals surface area contributed by atoms with Crippen LogP contribution in [0.5, 0.6) is 0 Å². The highest BCUT2D eigenvalue weighted by atomic mass is 32.2. The van der Waals surface area contributed by atoms with E-state index in [9.17, 15) is 36.3 Å². The normalized spacial score (nSPS) is 13.2. The first kappa shape index (κ1) is 32.0. The van der Waals surface area contributed by atoms with Crippen LogP contribution in [0.25, 0.3) is 0 Å². The maximum absolute atomic E-state index is 14.0. The fourth-order valence-corrected chi connectivity index (χ4v) is 5.30. The van der Waals surface area contributed by atoms with Crippen molar-refractivity contribution in [1.82, 2.24) is 14.9 Å². The Labute approximate surface area is 237 Å². The number of Topliss-reactive ketones (excluding diaryl/α,β-unsaturated/α-hetero) is 1. The summed E-state index contributed by atoms with van der Waals surface area (Å²) in [6.07, 6.45) is -4.71. The summed E-state index contributed by atoms with van der Waals surface area (Å²) in [6.45, 7) is 9.01. The van der Waals surface area contributed by atoms with Gasteiger partial charge in [-0.25, -0.2) is 13.4 Å². The predicted octanol–water partition coefficient (Wildman–Crippen LogP) is 5.02. The number of ketones is 1. The van der Waals surface area contributed by atoms with Gasteiger partial charge in [0.15, 0.2) is 15.6 Å². The molecular weight excluding hydrogens is 559 g/mol. The van der Waals surface area contributed by atoms with Gasteiger partial charge in [-0.3, -0.25) is 9.59 Å². The molecule has 0 saturated heterocycles. The molecule has 0 aliphatic rings. The standard InChI is InChI=1S/C29H34F3N3O5S/c1-7-41(39,40)22-12-10-19(11-13-22)24(16-36)33-26(38)25-17(2)35(27(34-25)28(4,5)6)15-21-9-8-20(18(3)37)14-23(21)29(30,31)32/h8-14,24,36H,7,15-16H2,1-6H3,(H,33,38)/t24-/m1/s1. The van der Waals surface area contributed by atoms with Crippen LogP contribution in [0.3, 0.4) is 0 Å². The number of alkyl halides is 3. The molecule has 1 aromatic heterocycles. The highest BCUT2D eigenvalue weighted by Crippen LogP contribution is 2.35. The van der Waals surface area contributed by atoms with Gasteiger partial charge in [0.2, 0.25) is 0 Å². The fraction of sp³-hybridized carbons (Fsp3) is 0.414. The number of rotatable bonds is 9. The van der Waals surface area contributed by atoms with Crippen LogP contribution in [-0.4, -0.2) is 47.1 Å². The maximum atomic E-state index is 14.0. The summed E-state index contributed by atoms with van der Waals surface area (Å²) in [5.74, 6) is -0.844. The lowest BCUT2D eigenvalue weighted by molar-refractivity contribution is -0.138. The van der Waals surface area contributed by atoms with E-state index in [1.165, 1.54) is 50.2 Å². The molecule has 2 N–H and O–H groups in total. The first-order chi connectivity index (χ1) is 18.9. The van der Waals surface area contributed by atoms with Crippen molar-refractivity contribution in [1.29, 1.82) is 0 Å². The molecule has 0 fully saturated rings. The zero-order chi connectivity index (χ0) is 30.9. The van der Waals surface area contributed by atoms with Gasteiger partial charge in [0, 0.05) is 23.2 Å². The molecule has 0 saturated carbocycles. The first-order valence-corrected chi connectivity index (χ1v) is 14.6. The van der Waals surface area contributed by atoms with E-state index in [4.69, 9.17) is 0 Å². The molecule has 3 aromatic rings. The Morgan fingerprint density at radius 2 is 1.68 bits per heavy atom. The Balaban J connectivity index is 2.01. The Morgan fingerprint density at radius 1 is 1.07 bits per heavy atom. The number of aliphatic hydroxyl groups excluding tert-OH is 1.